The molecule has 14 heavy (non-hydrogen) atoms. The lowest BCUT2D eigenvalue weighted by Crippen LogP contribution is -2.61. The number of benzene rings is 1. The van der Waals surface area contributed by atoms with Crippen LogP contribution >= 0.6 is 0 Å². The molecule has 0 amide bonds. The van der Waals surface area contributed by atoms with Crippen LogP contribution in [0.15, 0.2) is 30.3 Å². The Balaban J connectivity index is 2.86. The largest absolute Gasteiger partial charge is 0.329 e. The summed E-state index contributed by atoms with van der Waals surface area (Å²) in [6, 6.07) is 10.8. The highest BCUT2D eigenvalue weighted by molar-refractivity contribution is 6.87. The van der Waals surface area contributed by atoms with Crippen molar-refractivity contribution in [1.82, 2.24) is 4.98 Å². The maximum Gasteiger partial charge on any atom is 0.151 e. The van der Waals surface area contributed by atoms with Crippen LogP contribution in [0.1, 0.15) is 20.8 Å². The molecule has 0 aliphatic carbocycles. The Bertz CT molecular complexity index is 285. The van der Waals surface area contributed by atoms with Gasteiger partial charge >= 0.3 is 0 Å². The molecule has 1 aromatic rings. The second kappa shape index (κ2) is 3.87. The normalized spacial score (nSPS) is 12.9. The number of hydrogen-bond donors (Lipinski definition) is 1. The fraction of sp³-hybridized carbons (Fsp3) is 0.500. The molecular weight excluding hydrogens is 186 g/mol. The van der Waals surface area contributed by atoms with Gasteiger partial charge in [-0.15, -0.1) is 0 Å². The van der Waals surface area contributed by atoms with Gasteiger partial charge in [0.25, 0.3) is 0 Å². The van der Waals surface area contributed by atoms with Crippen LogP contribution in [0.3, 0.4) is 0 Å². The lowest BCUT2D eigenvalue weighted by Gasteiger charge is -2.33. The predicted molar refractivity (Wildman–Crippen MR) is 66.4 cm³/mol. The van der Waals surface area contributed by atoms with Crippen LogP contribution in [-0.4, -0.2) is 13.8 Å². The fourth-order valence-corrected chi connectivity index (χ4v) is 4.91. The van der Waals surface area contributed by atoms with E-state index in [0.717, 1.165) is 0 Å². The van der Waals surface area contributed by atoms with Gasteiger partial charge in [0.1, 0.15) is 0 Å². The minimum atomic E-state index is -1.46. The fourth-order valence-electron chi connectivity index (χ4n) is 1.86. The van der Waals surface area contributed by atoms with Crippen molar-refractivity contribution in [3.8, 4) is 0 Å². The van der Waals surface area contributed by atoms with E-state index in [1.165, 1.54) is 5.19 Å². The first kappa shape index (κ1) is 11.5. The van der Waals surface area contributed by atoms with Crippen LogP contribution in [0.2, 0.25) is 13.1 Å². The average Bonchev–Trinajstić information content (AvgIpc) is 2.01. The Hall–Kier alpha value is -0.603. The van der Waals surface area contributed by atoms with Crippen LogP contribution in [0.5, 0.6) is 0 Å². The summed E-state index contributed by atoms with van der Waals surface area (Å²) in [5.41, 5.74) is 0.200. The maximum absolute atomic E-state index is 3.75. The van der Waals surface area contributed by atoms with E-state index in [0.29, 0.717) is 0 Å². The monoisotopic (exact) mass is 207 g/mol. The highest BCUT2D eigenvalue weighted by Crippen LogP contribution is 2.07. The van der Waals surface area contributed by atoms with Gasteiger partial charge in [0.05, 0.1) is 0 Å². The molecule has 0 saturated heterocycles. The van der Waals surface area contributed by atoms with Crippen molar-refractivity contribution in [3.05, 3.63) is 30.3 Å². The molecular formula is C12H21NSi. The lowest BCUT2D eigenvalue weighted by molar-refractivity contribution is 0.515. The van der Waals surface area contributed by atoms with E-state index in [1.54, 1.807) is 0 Å². The third-order valence-electron chi connectivity index (χ3n) is 2.18. The molecule has 0 fully saturated rings. The Kier molecular flexibility index (Phi) is 3.17. The zero-order valence-corrected chi connectivity index (χ0v) is 10.9. The molecule has 0 heterocycles. The lowest BCUT2D eigenvalue weighted by atomic mass is 10.1. The molecule has 0 saturated carbocycles. The standard InChI is InChI=1S/C12H21NSi/c1-12(2,3)13-14(4,5)11-9-7-6-8-10-11/h6-10,13H,1-5H3. The summed E-state index contributed by atoms with van der Waals surface area (Å²) in [5, 5.41) is 1.47. The van der Waals surface area contributed by atoms with Gasteiger partial charge in [-0.2, -0.15) is 0 Å². The number of nitrogens with one attached hydrogen (secondary N) is 1. The van der Waals surface area contributed by atoms with E-state index in [4.69, 9.17) is 0 Å². The van der Waals surface area contributed by atoms with E-state index in [9.17, 15) is 0 Å². The second-order valence-electron chi connectivity index (χ2n) is 5.37. The average molecular weight is 207 g/mol. The molecule has 1 N–H and O–H groups in total. The van der Waals surface area contributed by atoms with Crippen molar-refractivity contribution in [2.45, 2.75) is 39.4 Å². The zero-order valence-electron chi connectivity index (χ0n) is 9.89. The quantitative estimate of drug-likeness (QED) is 0.735. The van der Waals surface area contributed by atoms with Gasteiger partial charge in [0.15, 0.2) is 8.24 Å². The molecule has 0 aliphatic heterocycles. The van der Waals surface area contributed by atoms with Crippen LogP contribution < -0.4 is 10.2 Å². The maximum atomic E-state index is 3.75. The first-order valence-corrected chi connectivity index (χ1v) is 8.16. The van der Waals surface area contributed by atoms with E-state index in [-0.39, 0.29) is 5.54 Å². The van der Waals surface area contributed by atoms with Gasteiger partial charge in [-0.1, -0.05) is 43.4 Å². The van der Waals surface area contributed by atoms with Crippen molar-refractivity contribution in [1.29, 1.82) is 0 Å². The molecule has 1 nitrogen and oxygen atoms in total. The molecule has 2 heteroatoms. The van der Waals surface area contributed by atoms with Crippen molar-refractivity contribution in [2.75, 3.05) is 0 Å². The molecule has 0 atom stereocenters. The molecule has 0 radical (unpaired) electrons. The minimum Gasteiger partial charge on any atom is -0.329 e. The highest BCUT2D eigenvalue weighted by atomic mass is 28.3. The Morgan fingerprint density at radius 3 is 1.93 bits per heavy atom. The number of rotatable bonds is 2. The van der Waals surface area contributed by atoms with Crippen molar-refractivity contribution < 1.29 is 0 Å². The first-order chi connectivity index (χ1) is 6.31. The third kappa shape index (κ3) is 3.27. The van der Waals surface area contributed by atoms with E-state index in [1.807, 2.05) is 0 Å². The molecule has 0 bridgehead atoms. The summed E-state index contributed by atoms with van der Waals surface area (Å²) in [5.74, 6) is 0. The molecule has 0 unspecified atom stereocenters. The van der Waals surface area contributed by atoms with Crippen molar-refractivity contribution in [2.24, 2.45) is 0 Å². The molecule has 0 aliphatic rings. The summed E-state index contributed by atoms with van der Waals surface area (Å²) < 4.78 is 0. The highest BCUT2D eigenvalue weighted by Gasteiger charge is 2.27. The van der Waals surface area contributed by atoms with Crippen LogP contribution in [-0.2, 0) is 0 Å². The molecule has 0 spiro atoms. The van der Waals surface area contributed by atoms with Crippen LogP contribution in [0, 0.1) is 0 Å². The summed E-state index contributed by atoms with van der Waals surface area (Å²) in [4.78, 5) is 3.75. The van der Waals surface area contributed by atoms with Gasteiger partial charge in [-0.25, -0.2) is 0 Å². The van der Waals surface area contributed by atoms with Gasteiger partial charge in [-0.05, 0) is 26.0 Å². The smallest absolute Gasteiger partial charge is 0.151 e. The van der Waals surface area contributed by atoms with Crippen LogP contribution in [0.4, 0.5) is 0 Å². The SMILES string of the molecule is CC(C)(C)N[Si](C)(C)c1ccccc1. The van der Waals surface area contributed by atoms with Crippen molar-refractivity contribution >= 4 is 13.4 Å². The van der Waals surface area contributed by atoms with E-state index >= 15 is 0 Å². The van der Waals surface area contributed by atoms with Gasteiger partial charge in [0.2, 0.25) is 0 Å². The molecule has 1 rings (SSSR count). The minimum absolute atomic E-state index is 0.200. The Morgan fingerprint density at radius 1 is 1.00 bits per heavy atom. The van der Waals surface area contributed by atoms with E-state index in [2.05, 4.69) is 69.2 Å². The topological polar surface area (TPSA) is 12.0 Å². The summed E-state index contributed by atoms with van der Waals surface area (Å²) in [6.45, 7) is 11.4. The Morgan fingerprint density at radius 2 is 1.50 bits per heavy atom. The van der Waals surface area contributed by atoms with E-state index < -0.39 is 8.24 Å². The first-order valence-electron chi connectivity index (χ1n) is 5.16. The third-order valence-corrected chi connectivity index (χ3v) is 5.33. The number of hydrogen-bond acceptors (Lipinski definition) is 1. The van der Waals surface area contributed by atoms with Gasteiger partial charge in [0, 0.05) is 5.54 Å². The molecule has 78 valence electrons. The van der Waals surface area contributed by atoms with Gasteiger partial charge in [-0.3, -0.25) is 0 Å². The summed E-state index contributed by atoms with van der Waals surface area (Å²) in [7, 11) is -1.46. The predicted octanol–water partition coefficient (Wildman–Crippen LogP) is 2.49. The Labute approximate surface area is 88.6 Å². The molecule has 1 aromatic carbocycles. The summed E-state index contributed by atoms with van der Waals surface area (Å²) >= 11 is 0. The summed E-state index contributed by atoms with van der Waals surface area (Å²) in [6.07, 6.45) is 0. The molecule has 0 aromatic heterocycles. The van der Waals surface area contributed by atoms with Crippen LogP contribution in [0.25, 0.3) is 0 Å². The zero-order chi connectivity index (χ0) is 10.8. The van der Waals surface area contributed by atoms with Gasteiger partial charge < -0.3 is 4.98 Å². The second-order valence-corrected chi connectivity index (χ2v) is 9.44. The van der Waals surface area contributed by atoms with Crippen molar-refractivity contribution in [3.63, 3.8) is 0 Å².